The fourth-order valence-electron chi connectivity index (χ4n) is 3.97. The number of hydrogen-bond acceptors (Lipinski definition) is 1. The van der Waals surface area contributed by atoms with Crippen molar-refractivity contribution in [2.45, 2.75) is 149 Å². The zero-order valence-electron chi connectivity index (χ0n) is 18.8. The van der Waals surface area contributed by atoms with Crippen molar-refractivity contribution < 1.29 is 9.90 Å². The van der Waals surface area contributed by atoms with Crippen LogP contribution in [-0.4, -0.2) is 11.1 Å². The van der Waals surface area contributed by atoms with Gasteiger partial charge in [-0.15, -0.1) is 0 Å². The van der Waals surface area contributed by atoms with Gasteiger partial charge < -0.3 is 5.11 Å². The molecule has 0 radical (unpaired) electrons. The molecule has 0 fully saturated rings. The molecular formula is C25H50O2. The topological polar surface area (TPSA) is 37.3 Å². The Hall–Kier alpha value is -0.530. The molecule has 2 heteroatoms. The van der Waals surface area contributed by atoms with Crippen LogP contribution in [0.4, 0.5) is 0 Å². The number of unbranched alkanes of at least 4 members (excludes halogenated alkanes) is 17. The first-order valence-corrected chi connectivity index (χ1v) is 12.4. The molecule has 162 valence electrons. The van der Waals surface area contributed by atoms with E-state index in [1.807, 2.05) is 0 Å². The second-order valence-electron chi connectivity index (χ2n) is 8.62. The van der Waals surface area contributed by atoms with Gasteiger partial charge in [-0.3, -0.25) is 4.79 Å². The van der Waals surface area contributed by atoms with Crippen LogP contribution in [0.15, 0.2) is 0 Å². The van der Waals surface area contributed by atoms with Crippen LogP contribution >= 0.6 is 0 Å². The number of carboxylic acids is 1. The van der Waals surface area contributed by atoms with Crippen molar-refractivity contribution in [2.75, 3.05) is 0 Å². The van der Waals surface area contributed by atoms with Gasteiger partial charge in [0.05, 0.1) is 5.92 Å². The second-order valence-corrected chi connectivity index (χ2v) is 8.62. The van der Waals surface area contributed by atoms with Crippen LogP contribution in [0, 0.1) is 5.92 Å². The van der Waals surface area contributed by atoms with Crippen molar-refractivity contribution in [1.29, 1.82) is 0 Å². The van der Waals surface area contributed by atoms with Gasteiger partial charge in [-0.25, -0.2) is 0 Å². The molecule has 0 saturated carbocycles. The van der Waals surface area contributed by atoms with Crippen LogP contribution < -0.4 is 0 Å². The van der Waals surface area contributed by atoms with Gasteiger partial charge in [0, 0.05) is 0 Å². The average Bonchev–Trinajstić information content (AvgIpc) is 2.66. The molecule has 0 amide bonds. The van der Waals surface area contributed by atoms with E-state index in [9.17, 15) is 9.90 Å². The zero-order chi connectivity index (χ0) is 20.0. The lowest BCUT2D eigenvalue weighted by Crippen LogP contribution is -2.13. The Morgan fingerprint density at radius 1 is 0.519 bits per heavy atom. The summed E-state index contributed by atoms with van der Waals surface area (Å²) in [6, 6.07) is 0. The predicted molar refractivity (Wildman–Crippen MR) is 119 cm³/mol. The van der Waals surface area contributed by atoms with Crippen LogP contribution in [0.25, 0.3) is 0 Å². The van der Waals surface area contributed by atoms with Gasteiger partial charge in [0.2, 0.25) is 0 Å². The Morgan fingerprint density at radius 2 is 0.778 bits per heavy atom. The molecular weight excluding hydrogens is 332 g/mol. The zero-order valence-corrected chi connectivity index (χ0v) is 18.8. The van der Waals surface area contributed by atoms with Crippen molar-refractivity contribution in [2.24, 2.45) is 5.92 Å². The Labute approximate surface area is 170 Å². The molecule has 1 N–H and O–H groups in total. The molecule has 1 unspecified atom stereocenters. The Balaban J connectivity index is 3.40. The molecule has 0 aromatic carbocycles. The van der Waals surface area contributed by atoms with Crippen molar-refractivity contribution in [1.82, 2.24) is 0 Å². The first kappa shape index (κ1) is 26.5. The highest BCUT2D eigenvalue weighted by molar-refractivity contribution is 5.69. The summed E-state index contributed by atoms with van der Waals surface area (Å²) < 4.78 is 0. The molecule has 0 rings (SSSR count). The summed E-state index contributed by atoms with van der Waals surface area (Å²) in [5, 5.41) is 9.41. The summed E-state index contributed by atoms with van der Waals surface area (Å²) in [6.07, 6.45) is 26.8. The molecule has 0 saturated heterocycles. The molecule has 0 aliphatic carbocycles. The van der Waals surface area contributed by atoms with E-state index >= 15 is 0 Å². The monoisotopic (exact) mass is 382 g/mol. The summed E-state index contributed by atoms with van der Waals surface area (Å²) in [5.41, 5.74) is 0. The maximum absolute atomic E-state index is 11.4. The van der Waals surface area contributed by atoms with Gasteiger partial charge in [-0.1, -0.05) is 136 Å². The molecule has 0 aliphatic heterocycles. The number of aliphatic carboxylic acids is 1. The maximum Gasteiger partial charge on any atom is 0.306 e. The minimum absolute atomic E-state index is 0.0936. The van der Waals surface area contributed by atoms with Gasteiger partial charge >= 0.3 is 5.97 Å². The Bertz CT molecular complexity index is 301. The molecule has 0 aromatic heterocycles. The minimum Gasteiger partial charge on any atom is -0.481 e. The predicted octanol–water partition coefficient (Wildman–Crippen LogP) is 8.92. The van der Waals surface area contributed by atoms with E-state index < -0.39 is 5.97 Å². The molecule has 1 atom stereocenters. The molecule has 27 heavy (non-hydrogen) atoms. The SMILES string of the molecule is CCCCCCCCCCCCCCCC(CCCCCCCC)C(=O)O. The Morgan fingerprint density at radius 3 is 1.04 bits per heavy atom. The summed E-state index contributed by atoms with van der Waals surface area (Å²) in [7, 11) is 0. The summed E-state index contributed by atoms with van der Waals surface area (Å²) >= 11 is 0. The van der Waals surface area contributed by atoms with Crippen molar-refractivity contribution >= 4 is 5.97 Å². The number of hydrogen-bond donors (Lipinski definition) is 1. The van der Waals surface area contributed by atoms with E-state index in [1.165, 1.54) is 109 Å². The average molecular weight is 383 g/mol. The molecule has 0 heterocycles. The van der Waals surface area contributed by atoms with Gasteiger partial charge in [0.1, 0.15) is 0 Å². The number of rotatable bonds is 22. The highest BCUT2D eigenvalue weighted by Gasteiger charge is 2.16. The van der Waals surface area contributed by atoms with Gasteiger partial charge in [-0.05, 0) is 12.8 Å². The minimum atomic E-state index is -0.567. The highest BCUT2D eigenvalue weighted by atomic mass is 16.4. The molecule has 2 nitrogen and oxygen atoms in total. The Kier molecular flexibility index (Phi) is 21.3. The third kappa shape index (κ3) is 20.0. The van der Waals surface area contributed by atoms with E-state index in [4.69, 9.17) is 0 Å². The third-order valence-corrected chi connectivity index (χ3v) is 5.91. The largest absolute Gasteiger partial charge is 0.481 e. The lowest BCUT2D eigenvalue weighted by Gasteiger charge is -2.12. The van der Waals surface area contributed by atoms with Crippen molar-refractivity contribution in [3.05, 3.63) is 0 Å². The first-order valence-electron chi connectivity index (χ1n) is 12.4. The number of carbonyl (C=O) groups is 1. The molecule has 0 spiro atoms. The highest BCUT2D eigenvalue weighted by Crippen LogP contribution is 2.20. The smallest absolute Gasteiger partial charge is 0.306 e. The summed E-state index contributed by atoms with van der Waals surface area (Å²) in [6.45, 7) is 4.51. The normalized spacial score (nSPS) is 12.4. The van der Waals surface area contributed by atoms with E-state index in [0.717, 1.165) is 25.7 Å². The van der Waals surface area contributed by atoms with Crippen LogP contribution in [0.3, 0.4) is 0 Å². The van der Waals surface area contributed by atoms with E-state index in [-0.39, 0.29) is 5.92 Å². The first-order chi connectivity index (χ1) is 13.2. The quantitative estimate of drug-likeness (QED) is 0.190. The standard InChI is InChI=1S/C25H50O2/c1-3-5-7-9-11-12-13-14-15-16-17-19-21-23-24(25(26)27)22-20-18-10-8-6-4-2/h24H,3-23H2,1-2H3,(H,26,27). The lowest BCUT2D eigenvalue weighted by atomic mass is 9.94. The van der Waals surface area contributed by atoms with Crippen molar-refractivity contribution in [3.63, 3.8) is 0 Å². The number of carboxylic acid groups (broad SMARTS) is 1. The summed E-state index contributed by atoms with van der Waals surface area (Å²) in [5.74, 6) is -0.661. The van der Waals surface area contributed by atoms with Gasteiger partial charge in [-0.2, -0.15) is 0 Å². The van der Waals surface area contributed by atoms with Crippen LogP contribution in [0.5, 0.6) is 0 Å². The van der Waals surface area contributed by atoms with E-state index in [2.05, 4.69) is 13.8 Å². The van der Waals surface area contributed by atoms with Crippen LogP contribution in [0.1, 0.15) is 149 Å². The molecule has 0 aromatic rings. The van der Waals surface area contributed by atoms with E-state index in [0.29, 0.717) is 0 Å². The molecule has 0 bridgehead atoms. The fourth-order valence-corrected chi connectivity index (χ4v) is 3.97. The maximum atomic E-state index is 11.4. The van der Waals surface area contributed by atoms with Crippen molar-refractivity contribution in [3.8, 4) is 0 Å². The fraction of sp³-hybridized carbons (Fsp3) is 0.960. The third-order valence-electron chi connectivity index (χ3n) is 5.91. The second kappa shape index (κ2) is 21.8. The molecule has 0 aliphatic rings. The van der Waals surface area contributed by atoms with Crippen LogP contribution in [-0.2, 0) is 4.79 Å². The van der Waals surface area contributed by atoms with Gasteiger partial charge in [0.15, 0.2) is 0 Å². The summed E-state index contributed by atoms with van der Waals surface area (Å²) in [4.78, 5) is 11.4. The van der Waals surface area contributed by atoms with E-state index in [1.54, 1.807) is 0 Å². The van der Waals surface area contributed by atoms with Gasteiger partial charge in [0.25, 0.3) is 0 Å². The lowest BCUT2D eigenvalue weighted by molar-refractivity contribution is -0.142. The van der Waals surface area contributed by atoms with Crippen LogP contribution in [0.2, 0.25) is 0 Å².